The average molecular weight is 317 g/mol. The van der Waals surface area contributed by atoms with Gasteiger partial charge in [-0.25, -0.2) is 4.79 Å². The van der Waals surface area contributed by atoms with Gasteiger partial charge < -0.3 is 9.94 Å². The standard InChI is InChI=1S/C17H19NO3S/c1-3-4-13-5-7-14(8-6-13)12(2)18-21-11-15-9-10-16(22-15)17(19)20/h5-10H,3-4,11H2,1-2H3,(H,19,20). The lowest BCUT2D eigenvalue weighted by Gasteiger charge is -2.03. The van der Waals surface area contributed by atoms with Gasteiger partial charge in [0.05, 0.1) is 5.71 Å². The molecule has 116 valence electrons. The number of benzene rings is 1. The highest BCUT2D eigenvalue weighted by atomic mass is 32.1. The van der Waals surface area contributed by atoms with Crippen LogP contribution in [0.15, 0.2) is 41.6 Å². The first-order valence-electron chi connectivity index (χ1n) is 7.18. The second-order valence-corrected chi connectivity index (χ2v) is 6.14. The molecule has 0 radical (unpaired) electrons. The molecule has 0 atom stereocenters. The van der Waals surface area contributed by atoms with Crippen molar-refractivity contribution in [2.45, 2.75) is 33.3 Å². The first-order valence-corrected chi connectivity index (χ1v) is 7.99. The monoisotopic (exact) mass is 317 g/mol. The zero-order valence-electron chi connectivity index (χ0n) is 12.7. The van der Waals surface area contributed by atoms with Gasteiger partial charge in [-0.1, -0.05) is 42.8 Å². The van der Waals surface area contributed by atoms with Crippen molar-refractivity contribution in [3.63, 3.8) is 0 Å². The summed E-state index contributed by atoms with van der Waals surface area (Å²) in [5.41, 5.74) is 3.15. The summed E-state index contributed by atoms with van der Waals surface area (Å²) in [4.78, 5) is 17.3. The predicted molar refractivity (Wildman–Crippen MR) is 88.7 cm³/mol. The van der Waals surface area contributed by atoms with E-state index in [1.54, 1.807) is 12.1 Å². The van der Waals surface area contributed by atoms with E-state index >= 15 is 0 Å². The van der Waals surface area contributed by atoms with E-state index in [-0.39, 0.29) is 6.61 Å². The Labute approximate surface area is 134 Å². The Morgan fingerprint density at radius 1 is 1.23 bits per heavy atom. The molecule has 2 rings (SSSR count). The van der Waals surface area contributed by atoms with Gasteiger partial charge in [0.1, 0.15) is 4.88 Å². The van der Waals surface area contributed by atoms with E-state index in [1.807, 2.05) is 19.1 Å². The van der Waals surface area contributed by atoms with Crippen molar-refractivity contribution in [1.82, 2.24) is 0 Å². The average Bonchev–Trinajstić information content (AvgIpc) is 2.97. The molecule has 0 spiro atoms. The van der Waals surface area contributed by atoms with Crippen LogP contribution >= 0.6 is 11.3 Å². The first-order chi connectivity index (χ1) is 10.6. The summed E-state index contributed by atoms with van der Waals surface area (Å²) in [7, 11) is 0. The van der Waals surface area contributed by atoms with Gasteiger partial charge in [0.2, 0.25) is 0 Å². The second kappa shape index (κ2) is 7.75. The molecule has 1 aromatic heterocycles. The van der Waals surface area contributed by atoms with Gasteiger partial charge >= 0.3 is 5.97 Å². The molecule has 0 fully saturated rings. The Balaban J connectivity index is 1.92. The van der Waals surface area contributed by atoms with E-state index in [2.05, 4.69) is 24.2 Å². The number of rotatable bonds is 7. The fourth-order valence-electron chi connectivity index (χ4n) is 2.02. The predicted octanol–water partition coefficient (Wildman–Crippen LogP) is 4.34. The summed E-state index contributed by atoms with van der Waals surface area (Å²) >= 11 is 1.20. The van der Waals surface area contributed by atoms with Crippen molar-refractivity contribution in [1.29, 1.82) is 0 Å². The molecule has 4 nitrogen and oxygen atoms in total. The third-order valence-corrected chi connectivity index (χ3v) is 4.24. The van der Waals surface area contributed by atoms with Gasteiger partial charge in [0.25, 0.3) is 0 Å². The maximum absolute atomic E-state index is 10.8. The number of carboxylic acid groups (broad SMARTS) is 1. The number of carboxylic acids is 1. The number of carbonyl (C=O) groups is 1. The maximum atomic E-state index is 10.8. The van der Waals surface area contributed by atoms with Crippen LogP contribution < -0.4 is 0 Å². The van der Waals surface area contributed by atoms with E-state index in [9.17, 15) is 4.79 Å². The number of aromatic carboxylic acids is 1. The molecular weight excluding hydrogens is 298 g/mol. The van der Waals surface area contributed by atoms with E-state index in [0.29, 0.717) is 4.88 Å². The summed E-state index contributed by atoms with van der Waals surface area (Å²) in [6.45, 7) is 4.34. The Morgan fingerprint density at radius 3 is 2.55 bits per heavy atom. The molecule has 0 aliphatic carbocycles. The molecule has 5 heteroatoms. The summed E-state index contributed by atoms with van der Waals surface area (Å²) < 4.78 is 0. The third-order valence-electron chi connectivity index (χ3n) is 3.19. The van der Waals surface area contributed by atoms with Gasteiger partial charge in [-0.3, -0.25) is 0 Å². The van der Waals surface area contributed by atoms with Crippen molar-refractivity contribution in [3.8, 4) is 0 Å². The van der Waals surface area contributed by atoms with Crippen molar-refractivity contribution < 1.29 is 14.7 Å². The molecule has 0 aliphatic rings. The topological polar surface area (TPSA) is 58.9 Å². The fourth-order valence-corrected chi connectivity index (χ4v) is 2.77. The van der Waals surface area contributed by atoms with E-state index in [1.165, 1.54) is 16.9 Å². The lowest BCUT2D eigenvalue weighted by Crippen LogP contribution is -1.97. The number of hydrogen-bond donors (Lipinski definition) is 1. The van der Waals surface area contributed by atoms with Gasteiger partial charge in [-0.05, 0) is 36.6 Å². The van der Waals surface area contributed by atoms with Crippen LogP contribution in [0.3, 0.4) is 0 Å². The van der Waals surface area contributed by atoms with Gasteiger partial charge in [0, 0.05) is 4.88 Å². The van der Waals surface area contributed by atoms with Crippen LogP contribution in [0, 0.1) is 0 Å². The molecule has 1 N–H and O–H groups in total. The number of nitrogens with zero attached hydrogens (tertiary/aromatic N) is 1. The molecule has 0 bridgehead atoms. The molecule has 22 heavy (non-hydrogen) atoms. The van der Waals surface area contributed by atoms with Gasteiger partial charge in [0.15, 0.2) is 6.61 Å². The SMILES string of the molecule is CCCc1ccc(C(C)=NOCc2ccc(C(=O)O)s2)cc1. The van der Waals surface area contributed by atoms with Crippen LogP contribution in [0.5, 0.6) is 0 Å². The largest absolute Gasteiger partial charge is 0.477 e. The molecule has 1 aromatic carbocycles. The highest BCUT2D eigenvalue weighted by Gasteiger charge is 2.07. The molecule has 2 aromatic rings. The zero-order chi connectivity index (χ0) is 15.9. The Hall–Kier alpha value is -2.14. The van der Waals surface area contributed by atoms with Crippen LogP contribution in [0.4, 0.5) is 0 Å². The van der Waals surface area contributed by atoms with Crippen LogP contribution in [-0.4, -0.2) is 16.8 Å². The normalized spacial score (nSPS) is 11.5. The maximum Gasteiger partial charge on any atom is 0.345 e. The quantitative estimate of drug-likeness (QED) is 0.610. The smallest absolute Gasteiger partial charge is 0.345 e. The minimum Gasteiger partial charge on any atom is -0.477 e. The number of hydrogen-bond acceptors (Lipinski definition) is 4. The number of aryl methyl sites for hydroxylation is 1. The molecule has 0 amide bonds. The Morgan fingerprint density at radius 2 is 1.95 bits per heavy atom. The van der Waals surface area contributed by atoms with Crippen molar-refractivity contribution >= 4 is 23.0 Å². The lowest BCUT2D eigenvalue weighted by atomic mass is 10.1. The highest BCUT2D eigenvalue weighted by molar-refractivity contribution is 7.13. The first kappa shape index (κ1) is 16.2. The van der Waals surface area contributed by atoms with Crippen molar-refractivity contribution in [3.05, 3.63) is 57.3 Å². The highest BCUT2D eigenvalue weighted by Crippen LogP contribution is 2.17. The van der Waals surface area contributed by atoms with Crippen LogP contribution in [0.25, 0.3) is 0 Å². The number of thiophene rings is 1. The molecule has 0 unspecified atom stereocenters. The summed E-state index contributed by atoms with van der Waals surface area (Å²) in [5, 5.41) is 13.0. The fraction of sp³-hybridized carbons (Fsp3) is 0.294. The Kier molecular flexibility index (Phi) is 5.72. The minimum absolute atomic E-state index is 0.281. The summed E-state index contributed by atoms with van der Waals surface area (Å²) in [5.74, 6) is -0.914. The van der Waals surface area contributed by atoms with E-state index < -0.39 is 5.97 Å². The van der Waals surface area contributed by atoms with Crippen LogP contribution in [0.1, 0.15) is 45.9 Å². The van der Waals surface area contributed by atoms with Gasteiger partial charge in [-0.2, -0.15) is 0 Å². The lowest BCUT2D eigenvalue weighted by molar-refractivity contribution is 0.0702. The van der Waals surface area contributed by atoms with Gasteiger partial charge in [-0.15, -0.1) is 11.3 Å². The summed E-state index contributed by atoms with van der Waals surface area (Å²) in [6, 6.07) is 11.6. The van der Waals surface area contributed by atoms with E-state index in [0.717, 1.165) is 29.0 Å². The van der Waals surface area contributed by atoms with Crippen molar-refractivity contribution in [2.24, 2.45) is 5.16 Å². The second-order valence-electron chi connectivity index (χ2n) is 4.97. The van der Waals surface area contributed by atoms with Crippen LogP contribution in [0.2, 0.25) is 0 Å². The molecule has 0 saturated carbocycles. The van der Waals surface area contributed by atoms with Crippen LogP contribution in [-0.2, 0) is 17.9 Å². The molecule has 0 aliphatic heterocycles. The third kappa shape index (κ3) is 4.43. The molecule has 1 heterocycles. The Bertz CT molecular complexity index is 659. The number of oxime groups is 1. The van der Waals surface area contributed by atoms with Crippen molar-refractivity contribution in [2.75, 3.05) is 0 Å². The minimum atomic E-state index is -0.914. The summed E-state index contributed by atoms with van der Waals surface area (Å²) in [6.07, 6.45) is 2.21. The van der Waals surface area contributed by atoms with E-state index in [4.69, 9.17) is 9.94 Å². The molecule has 0 saturated heterocycles. The molecular formula is C17H19NO3S. The zero-order valence-corrected chi connectivity index (χ0v) is 13.5.